The number of carboxylic acid groups (broad SMARTS) is 1. The van der Waals surface area contributed by atoms with Gasteiger partial charge in [-0.1, -0.05) is 26.0 Å². The summed E-state index contributed by atoms with van der Waals surface area (Å²) in [5, 5.41) is 12.5. The van der Waals surface area contributed by atoms with E-state index < -0.39 is 35.1 Å². The Morgan fingerprint density at radius 2 is 1.83 bits per heavy atom. The molecule has 0 fully saturated rings. The van der Waals surface area contributed by atoms with E-state index in [1.807, 2.05) is 0 Å². The van der Waals surface area contributed by atoms with Crippen LogP contribution in [-0.2, 0) is 16.0 Å². The van der Waals surface area contributed by atoms with E-state index in [0.29, 0.717) is 5.56 Å². The van der Waals surface area contributed by atoms with Crippen molar-refractivity contribution in [1.82, 2.24) is 10.3 Å². The van der Waals surface area contributed by atoms with Gasteiger partial charge in [0.05, 0.1) is 7.11 Å². The topological polar surface area (TPSA) is 115 Å². The number of aromatic nitrogens is 1. The SMILES string of the molecule is COc1ccnc(C(=O)NC(Cc2ccc(F)cc2)(C(=O)O)C(C)C)c1OC(C)=O. The molecule has 1 amide bonds. The van der Waals surface area contributed by atoms with Crippen LogP contribution in [0.3, 0.4) is 0 Å². The summed E-state index contributed by atoms with van der Waals surface area (Å²) in [5.74, 6) is -3.96. The van der Waals surface area contributed by atoms with Crippen molar-refractivity contribution in [3.63, 3.8) is 0 Å². The first-order chi connectivity index (χ1) is 14.1. The van der Waals surface area contributed by atoms with Crippen LogP contribution in [0.4, 0.5) is 4.39 Å². The van der Waals surface area contributed by atoms with Gasteiger partial charge >= 0.3 is 11.9 Å². The fourth-order valence-electron chi connectivity index (χ4n) is 2.95. The molecule has 2 aromatic rings. The van der Waals surface area contributed by atoms with Crippen LogP contribution in [0.5, 0.6) is 11.5 Å². The van der Waals surface area contributed by atoms with Crippen molar-refractivity contribution in [2.75, 3.05) is 7.11 Å². The molecule has 8 nitrogen and oxygen atoms in total. The molecular formula is C21H23FN2O6. The monoisotopic (exact) mass is 418 g/mol. The van der Waals surface area contributed by atoms with E-state index in [2.05, 4.69) is 10.3 Å². The molecule has 0 spiro atoms. The Bertz CT molecular complexity index is 945. The van der Waals surface area contributed by atoms with E-state index in [1.54, 1.807) is 13.8 Å². The van der Waals surface area contributed by atoms with Crippen LogP contribution in [0.15, 0.2) is 36.5 Å². The van der Waals surface area contributed by atoms with Gasteiger partial charge in [0.1, 0.15) is 11.4 Å². The average molecular weight is 418 g/mol. The van der Waals surface area contributed by atoms with E-state index in [-0.39, 0.29) is 23.6 Å². The summed E-state index contributed by atoms with van der Waals surface area (Å²) in [6.45, 7) is 4.44. The predicted octanol–water partition coefficient (Wildman–Crippen LogP) is 2.61. The lowest BCUT2D eigenvalue weighted by Gasteiger charge is -2.34. The predicted molar refractivity (Wildman–Crippen MR) is 105 cm³/mol. The van der Waals surface area contributed by atoms with Gasteiger partial charge in [-0.25, -0.2) is 14.2 Å². The van der Waals surface area contributed by atoms with E-state index in [9.17, 15) is 23.9 Å². The van der Waals surface area contributed by atoms with Crippen molar-refractivity contribution in [2.45, 2.75) is 32.7 Å². The lowest BCUT2D eigenvalue weighted by atomic mass is 9.80. The number of hydrogen-bond donors (Lipinski definition) is 2. The zero-order valence-corrected chi connectivity index (χ0v) is 17.1. The molecule has 1 atom stereocenters. The van der Waals surface area contributed by atoms with Crippen molar-refractivity contribution in [2.24, 2.45) is 5.92 Å². The number of amides is 1. The zero-order chi connectivity index (χ0) is 22.5. The highest BCUT2D eigenvalue weighted by atomic mass is 19.1. The Balaban J connectivity index is 2.48. The van der Waals surface area contributed by atoms with Crippen molar-refractivity contribution < 1.29 is 33.4 Å². The molecule has 2 N–H and O–H groups in total. The second kappa shape index (κ2) is 9.34. The second-order valence-corrected chi connectivity index (χ2v) is 6.97. The summed E-state index contributed by atoms with van der Waals surface area (Å²) in [6, 6.07) is 6.74. The summed E-state index contributed by atoms with van der Waals surface area (Å²) in [6.07, 6.45) is 1.18. The lowest BCUT2D eigenvalue weighted by Crippen LogP contribution is -2.59. The van der Waals surface area contributed by atoms with Crippen LogP contribution in [0, 0.1) is 11.7 Å². The maximum Gasteiger partial charge on any atom is 0.330 e. The molecule has 1 aromatic carbocycles. The number of carbonyl (C=O) groups excluding carboxylic acids is 2. The molecule has 0 saturated carbocycles. The summed E-state index contributed by atoms with van der Waals surface area (Å²) in [5.41, 5.74) is -1.51. The van der Waals surface area contributed by atoms with E-state index in [0.717, 1.165) is 6.92 Å². The Kier molecular flexibility index (Phi) is 7.10. The van der Waals surface area contributed by atoms with Gasteiger partial charge in [0.2, 0.25) is 5.75 Å². The Hall–Kier alpha value is -3.49. The number of esters is 1. The normalized spacial score (nSPS) is 12.7. The minimum absolute atomic E-state index is 0.0920. The average Bonchev–Trinajstić information content (AvgIpc) is 2.68. The van der Waals surface area contributed by atoms with E-state index in [4.69, 9.17) is 9.47 Å². The smallest absolute Gasteiger partial charge is 0.330 e. The molecule has 0 radical (unpaired) electrons. The van der Waals surface area contributed by atoms with Crippen molar-refractivity contribution >= 4 is 17.8 Å². The number of benzene rings is 1. The van der Waals surface area contributed by atoms with Crippen LogP contribution in [0.2, 0.25) is 0 Å². The fraction of sp³-hybridized carbons (Fsp3) is 0.333. The van der Waals surface area contributed by atoms with Crippen LogP contribution in [0.25, 0.3) is 0 Å². The number of nitrogens with zero attached hydrogens (tertiary/aromatic N) is 1. The van der Waals surface area contributed by atoms with Crippen LogP contribution >= 0.6 is 0 Å². The number of ether oxygens (including phenoxy) is 2. The Morgan fingerprint density at radius 3 is 2.33 bits per heavy atom. The number of pyridine rings is 1. The number of nitrogens with one attached hydrogen (secondary N) is 1. The highest BCUT2D eigenvalue weighted by Crippen LogP contribution is 2.31. The third-order valence-electron chi connectivity index (χ3n) is 4.65. The van der Waals surface area contributed by atoms with Gasteiger partial charge in [-0.3, -0.25) is 9.59 Å². The summed E-state index contributed by atoms with van der Waals surface area (Å²) < 4.78 is 23.4. The molecule has 0 aliphatic heterocycles. The Morgan fingerprint density at radius 1 is 1.20 bits per heavy atom. The highest BCUT2D eigenvalue weighted by Gasteiger charge is 2.44. The molecule has 160 valence electrons. The molecule has 30 heavy (non-hydrogen) atoms. The molecule has 0 bridgehead atoms. The minimum atomic E-state index is -1.73. The minimum Gasteiger partial charge on any atom is -0.493 e. The summed E-state index contributed by atoms with van der Waals surface area (Å²) in [7, 11) is 1.33. The maximum atomic E-state index is 13.2. The molecule has 1 heterocycles. The number of carbonyl (C=O) groups is 3. The fourth-order valence-corrected chi connectivity index (χ4v) is 2.95. The second-order valence-electron chi connectivity index (χ2n) is 6.97. The van der Waals surface area contributed by atoms with Gasteiger partial charge < -0.3 is 19.9 Å². The van der Waals surface area contributed by atoms with Gasteiger partial charge in [0.25, 0.3) is 5.91 Å². The summed E-state index contributed by atoms with van der Waals surface area (Å²) >= 11 is 0. The van der Waals surface area contributed by atoms with Gasteiger partial charge in [0, 0.05) is 25.6 Å². The van der Waals surface area contributed by atoms with Gasteiger partial charge in [-0.05, 0) is 23.6 Å². The number of methoxy groups -OCH3 is 1. The Labute approximate surface area is 173 Å². The number of aliphatic carboxylic acids is 1. The molecule has 1 unspecified atom stereocenters. The molecule has 0 aliphatic carbocycles. The molecule has 0 saturated heterocycles. The largest absolute Gasteiger partial charge is 0.493 e. The number of carboxylic acids is 1. The first kappa shape index (κ1) is 22.8. The first-order valence-corrected chi connectivity index (χ1v) is 9.12. The summed E-state index contributed by atoms with van der Waals surface area (Å²) in [4.78, 5) is 40.7. The third kappa shape index (κ3) is 4.91. The number of hydrogen-bond acceptors (Lipinski definition) is 6. The van der Waals surface area contributed by atoms with Crippen LogP contribution < -0.4 is 14.8 Å². The first-order valence-electron chi connectivity index (χ1n) is 9.12. The van der Waals surface area contributed by atoms with Gasteiger partial charge in [0.15, 0.2) is 11.4 Å². The standard InChI is InChI=1S/C21H23FN2O6/c1-12(2)21(20(27)28,11-14-5-7-15(22)8-6-14)24-19(26)17-18(30-13(3)25)16(29-4)9-10-23-17/h5-10,12H,11H2,1-4H3,(H,24,26)(H,27,28). The zero-order valence-electron chi connectivity index (χ0n) is 17.1. The molecule has 1 aromatic heterocycles. The molecule has 9 heteroatoms. The quantitative estimate of drug-likeness (QED) is 0.633. The van der Waals surface area contributed by atoms with Crippen LogP contribution in [-0.4, -0.2) is 40.6 Å². The highest BCUT2D eigenvalue weighted by molar-refractivity contribution is 5.99. The molecule has 2 rings (SSSR count). The molecular weight excluding hydrogens is 395 g/mol. The lowest BCUT2D eigenvalue weighted by molar-refractivity contribution is -0.146. The van der Waals surface area contributed by atoms with Crippen molar-refractivity contribution in [3.8, 4) is 11.5 Å². The van der Waals surface area contributed by atoms with E-state index >= 15 is 0 Å². The van der Waals surface area contributed by atoms with E-state index in [1.165, 1.54) is 43.6 Å². The van der Waals surface area contributed by atoms with Crippen molar-refractivity contribution in [3.05, 3.63) is 53.6 Å². The number of rotatable bonds is 8. The third-order valence-corrected chi connectivity index (χ3v) is 4.65. The van der Waals surface area contributed by atoms with Crippen LogP contribution in [0.1, 0.15) is 36.8 Å². The molecule has 0 aliphatic rings. The maximum absolute atomic E-state index is 13.2. The number of halogens is 1. The van der Waals surface area contributed by atoms with Gasteiger partial charge in [-0.2, -0.15) is 0 Å². The van der Waals surface area contributed by atoms with Crippen molar-refractivity contribution in [1.29, 1.82) is 0 Å². The van der Waals surface area contributed by atoms with Gasteiger partial charge in [-0.15, -0.1) is 0 Å².